The summed E-state index contributed by atoms with van der Waals surface area (Å²) in [6.45, 7) is 0. The maximum Gasteiger partial charge on any atom is 0.167 e. The Balaban J connectivity index is 0.000000181. The summed E-state index contributed by atoms with van der Waals surface area (Å²) in [6.07, 6.45) is 11.2. The van der Waals surface area contributed by atoms with Crippen molar-refractivity contribution in [1.29, 1.82) is 0 Å². The van der Waals surface area contributed by atoms with Gasteiger partial charge in [-0.15, -0.1) is 0 Å². The van der Waals surface area contributed by atoms with Crippen LogP contribution in [0.1, 0.15) is 64.2 Å². The van der Waals surface area contributed by atoms with Crippen LogP contribution in [0.4, 0.5) is 0 Å². The summed E-state index contributed by atoms with van der Waals surface area (Å²) in [7, 11) is 3.46. The van der Waals surface area contributed by atoms with E-state index in [1.807, 2.05) is 0 Å². The monoisotopic (exact) mass is 242 g/mol. The minimum Gasteiger partial charge on any atom is -0.353 e. The van der Waals surface area contributed by atoms with Gasteiger partial charge in [-0.2, -0.15) is 0 Å². The fraction of sp³-hybridized carbons (Fsp3) is 0.929. The van der Waals surface area contributed by atoms with Crippen molar-refractivity contribution in [2.24, 2.45) is 0 Å². The van der Waals surface area contributed by atoms with Gasteiger partial charge in [0.15, 0.2) is 5.79 Å². The standard InChI is InChI=1S/C8H16O2.C6H10O/c1-9-8(10-2)6-4-3-5-7-8;7-6-4-2-1-3-5-6/h3-7H2,1-2H3;1-5H2. The largest absolute Gasteiger partial charge is 0.353 e. The number of Topliss-reactive ketones (excluding diaryl/α,β-unsaturated/α-hetero) is 1. The second-order valence-corrected chi connectivity index (χ2v) is 4.98. The van der Waals surface area contributed by atoms with E-state index in [0.717, 1.165) is 38.5 Å². The molecule has 0 N–H and O–H groups in total. The lowest BCUT2D eigenvalue weighted by Gasteiger charge is -2.34. The topological polar surface area (TPSA) is 35.5 Å². The average molecular weight is 242 g/mol. The van der Waals surface area contributed by atoms with Crippen LogP contribution in [0.3, 0.4) is 0 Å². The number of hydrogen-bond donors (Lipinski definition) is 0. The van der Waals surface area contributed by atoms with Crippen molar-refractivity contribution < 1.29 is 14.3 Å². The zero-order valence-corrected chi connectivity index (χ0v) is 11.3. The molecule has 0 bridgehead atoms. The van der Waals surface area contributed by atoms with Crippen LogP contribution in [-0.4, -0.2) is 25.8 Å². The molecule has 0 amide bonds. The lowest BCUT2D eigenvalue weighted by atomic mass is 9.94. The van der Waals surface area contributed by atoms with Crippen LogP contribution in [-0.2, 0) is 14.3 Å². The Hall–Kier alpha value is -0.410. The highest BCUT2D eigenvalue weighted by Gasteiger charge is 2.30. The SMILES string of the molecule is COC1(OC)CCCCC1.O=C1CCCCC1. The van der Waals surface area contributed by atoms with Crippen LogP contribution in [0.2, 0.25) is 0 Å². The highest BCUT2D eigenvalue weighted by Crippen LogP contribution is 2.31. The molecular formula is C14H26O3. The number of rotatable bonds is 2. The van der Waals surface area contributed by atoms with Gasteiger partial charge in [0.25, 0.3) is 0 Å². The van der Waals surface area contributed by atoms with Gasteiger partial charge in [-0.3, -0.25) is 4.79 Å². The first-order chi connectivity index (χ1) is 8.22. The molecule has 0 radical (unpaired) electrons. The van der Waals surface area contributed by atoms with Crippen LogP contribution < -0.4 is 0 Å². The van der Waals surface area contributed by atoms with Crippen molar-refractivity contribution in [3.63, 3.8) is 0 Å². The van der Waals surface area contributed by atoms with Gasteiger partial charge >= 0.3 is 0 Å². The van der Waals surface area contributed by atoms with E-state index in [2.05, 4.69) is 0 Å². The Morgan fingerprint density at radius 1 is 0.824 bits per heavy atom. The second kappa shape index (κ2) is 7.83. The highest BCUT2D eigenvalue weighted by atomic mass is 16.7. The number of hydrogen-bond acceptors (Lipinski definition) is 3. The lowest BCUT2D eigenvalue weighted by Crippen LogP contribution is -2.35. The van der Waals surface area contributed by atoms with Crippen LogP contribution in [0, 0.1) is 0 Å². The normalized spacial score (nSPS) is 23.8. The molecule has 2 aliphatic carbocycles. The Kier molecular flexibility index (Phi) is 6.75. The van der Waals surface area contributed by atoms with Crippen molar-refractivity contribution in [2.75, 3.05) is 14.2 Å². The van der Waals surface area contributed by atoms with Crippen LogP contribution in [0.25, 0.3) is 0 Å². The van der Waals surface area contributed by atoms with Gasteiger partial charge in [0.05, 0.1) is 0 Å². The van der Waals surface area contributed by atoms with E-state index in [4.69, 9.17) is 9.47 Å². The third-order valence-corrected chi connectivity index (χ3v) is 3.77. The van der Waals surface area contributed by atoms with Crippen molar-refractivity contribution in [3.8, 4) is 0 Å². The third kappa shape index (κ3) is 5.17. The van der Waals surface area contributed by atoms with Gasteiger partial charge in [-0.1, -0.05) is 12.8 Å². The molecular weight excluding hydrogens is 216 g/mol. The van der Waals surface area contributed by atoms with Gasteiger partial charge in [-0.25, -0.2) is 0 Å². The van der Waals surface area contributed by atoms with Crippen molar-refractivity contribution in [3.05, 3.63) is 0 Å². The molecule has 0 atom stereocenters. The number of carbonyl (C=O) groups excluding carboxylic acids is 1. The van der Waals surface area contributed by atoms with E-state index in [1.54, 1.807) is 14.2 Å². The number of ketones is 1. The zero-order chi connectivity index (χ0) is 12.6. The van der Waals surface area contributed by atoms with Crippen molar-refractivity contribution in [2.45, 2.75) is 70.0 Å². The van der Waals surface area contributed by atoms with E-state index < -0.39 is 0 Å². The van der Waals surface area contributed by atoms with Crippen molar-refractivity contribution in [1.82, 2.24) is 0 Å². The summed E-state index contributed by atoms with van der Waals surface area (Å²) >= 11 is 0. The van der Waals surface area contributed by atoms with E-state index >= 15 is 0 Å². The molecule has 17 heavy (non-hydrogen) atoms. The molecule has 3 heteroatoms. The van der Waals surface area contributed by atoms with Gasteiger partial charge in [0.2, 0.25) is 0 Å². The summed E-state index contributed by atoms with van der Waals surface area (Å²) in [6, 6.07) is 0. The quantitative estimate of drug-likeness (QED) is 0.696. The molecule has 100 valence electrons. The van der Waals surface area contributed by atoms with E-state index in [-0.39, 0.29) is 5.79 Å². The Labute approximate surface area is 105 Å². The van der Waals surface area contributed by atoms with Gasteiger partial charge in [0.1, 0.15) is 5.78 Å². The second-order valence-electron chi connectivity index (χ2n) is 4.98. The maximum absolute atomic E-state index is 10.5. The minimum atomic E-state index is -0.238. The molecule has 2 rings (SSSR count). The molecule has 3 nitrogen and oxygen atoms in total. The summed E-state index contributed by atoms with van der Waals surface area (Å²) in [5.74, 6) is 0.226. The van der Waals surface area contributed by atoms with Gasteiger partial charge in [-0.05, 0) is 25.7 Å². The first-order valence-electron chi connectivity index (χ1n) is 6.84. The zero-order valence-electron chi connectivity index (χ0n) is 11.3. The van der Waals surface area contributed by atoms with Crippen LogP contribution in [0.5, 0.6) is 0 Å². The highest BCUT2D eigenvalue weighted by molar-refractivity contribution is 5.78. The van der Waals surface area contributed by atoms with Crippen molar-refractivity contribution >= 4 is 5.78 Å². The average Bonchev–Trinajstić information content (AvgIpc) is 2.41. The number of methoxy groups -OCH3 is 2. The Morgan fingerprint density at radius 3 is 1.59 bits per heavy atom. The molecule has 0 heterocycles. The summed E-state index contributed by atoms with van der Waals surface area (Å²) in [5.41, 5.74) is 0. The molecule has 2 fully saturated rings. The maximum atomic E-state index is 10.5. The molecule has 0 spiro atoms. The fourth-order valence-electron chi connectivity index (χ4n) is 2.53. The molecule has 2 aliphatic rings. The van der Waals surface area contributed by atoms with E-state index in [1.165, 1.54) is 25.7 Å². The molecule has 2 saturated carbocycles. The van der Waals surface area contributed by atoms with E-state index in [0.29, 0.717) is 5.78 Å². The lowest BCUT2D eigenvalue weighted by molar-refractivity contribution is -0.222. The third-order valence-electron chi connectivity index (χ3n) is 3.77. The van der Waals surface area contributed by atoms with Crippen LogP contribution >= 0.6 is 0 Å². The first kappa shape index (κ1) is 14.7. The summed E-state index contributed by atoms with van der Waals surface area (Å²) in [5, 5.41) is 0. The van der Waals surface area contributed by atoms with E-state index in [9.17, 15) is 4.79 Å². The fourth-order valence-corrected chi connectivity index (χ4v) is 2.53. The molecule has 0 aromatic carbocycles. The predicted molar refractivity (Wildman–Crippen MR) is 67.9 cm³/mol. The number of ether oxygens (including phenoxy) is 2. The predicted octanol–water partition coefficient (Wildman–Crippen LogP) is 3.46. The first-order valence-corrected chi connectivity index (χ1v) is 6.84. The number of carbonyl (C=O) groups is 1. The Morgan fingerprint density at radius 2 is 1.29 bits per heavy atom. The summed E-state index contributed by atoms with van der Waals surface area (Å²) in [4.78, 5) is 10.5. The molecule has 0 saturated heterocycles. The summed E-state index contributed by atoms with van der Waals surface area (Å²) < 4.78 is 10.6. The smallest absolute Gasteiger partial charge is 0.167 e. The van der Waals surface area contributed by atoms with Gasteiger partial charge in [0, 0.05) is 39.9 Å². The Bertz CT molecular complexity index is 206. The van der Waals surface area contributed by atoms with Gasteiger partial charge < -0.3 is 9.47 Å². The minimum absolute atomic E-state index is 0.238. The van der Waals surface area contributed by atoms with Crippen LogP contribution in [0.15, 0.2) is 0 Å². The molecule has 0 aliphatic heterocycles. The molecule has 0 unspecified atom stereocenters. The molecule has 0 aromatic heterocycles. The molecule has 0 aromatic rings.